The van der Waals surface area contributed by atoms with Crippen LogP contribution in [0.1, 0.15) is 41.6 Å². The van der Waals surface area contributed by atoms with Crippen LogP contribution in [0.25, 0.3) is 0 Å². The van der Waals surface area contributed by atoms with E-state index in [9.17, 15) is 9.18 Å². The average Bonchev–Trinajstić information content (AvgIpc) is 2.74. The number of hydrogen-bond donors (Lipinski definition) is 1. The molecule has 2 atom stereocenters. The van der Waals surface area contributed by atoms with Crippen molar-refractivity contribution in [3.63, 3.8) is 0 Å². The average molecular weight is 313 g/mol. The summed E-state index contributed by atoms with van der Waals surface area (Å²) in [6.45, 7) is 1.81. The molecule has 0 radical (unpaired) electrons. The Morgan fingerprint density at radius 1 is 1.24 bits per heavy atom. The Bertz CT molecular complexity index is 505. The van der Waals surface area contributed by atoms with Crippen LogP contribution in [0.15, 0.2) is 18.2 Å². The van der Waals surface area contributed by atoms with Crippen molar-refractivity contribution in [1.82, 2.24) is 10.2 Å². The first kappa shape index (κ1) is 16.2. The predicted octanol–water partition coefficient (Wildman–Crippen LogP) is 2.91. The number of benzene rings is 1. The normalized spacial score (nSPS) is 27.1. The number of nitrogens with zero attached hydrogens (tertiary/aromatic N) is 1. The molecule has 2 unspecified atom stereocenters. The van der Waals surface area contributed by atoms with Crippen LogP contribution in [-0.2, 0) is 0 Å². The van der Waals surface area contributed by atoms with Gasteiger partial charge < -0.3 is 10.2 Å². The number of piperidine rings is 1. The molecule has 21 heavy (non-hydrogen) atoms. The first-order chi connectivity index (χ1) is 9.52. The molecule has 116 valence electrons. The number of fused-ring (bicyclic) bond motifs is 2. The van der Waals surface area contributed by atoms with Crippen LogP contribution in [0.4, 0.5) is 4.39 Å². The maximum Gasteiger partial charge on any atom is 0.253 e. The van der Waals surface area contributed by atoms with E-state index in [0.29, 0.717) is 17.6 Å². The van der Waals surface area contributed by atoms with Crippen molar-refractivity contribution in [2.24, 2.45) is 0 Å². The van der Waals surface area contributed by atoms with Gasteiger partial charge in [-0.1, -0.05) is 0 Å². The summed E-state index contributed by atoms with van der Waals surface area (Å²) >= 11 is 0. The molecule has 3 nitrogen and oxygen atoms in total. The first-order valence-electron chi connectivity index (χ1n) is 7.33. The van der Waals surface area contributed by atoms with Gasteiger partial charge in [0.25, 0.3) is 5.91 Å². The number of nitrogens with one attached hydrogen (secondary N) is 1. The van der Waals surface area contributed by atoms with Gasteiger partial charge in [0.2, 0.25) is 0 Å². The van der Waals surface area contributed by atoms with Gasteiger partial charge in [0.15, 0.2) is 0 Å². The van der Waals surface area contributed by atoms with Crippen LogP contribution >= 0.6 is 12.4 Å². The van der Waals surface area contributed by atoms with Gasteiger partial charge in [-0.25, -0.2) is 4.39 Å². The minimum atomic E-state index is -0.341. The summed E-state index contributed by atoms with van der Waals surface area (Å²) in [7, 11) is 1.85. The summed E-state index contributed by atoms with van der Waals surface area (Å²) in [5.74, 6) is -0.411. The van der Waals surface area contributed by atoms with Crippen LogP contribution < -0.4 is 5.32 Å². The third kappa shape index (κ3) is 3.38. The zero-order valence-corrected chi connectivity index (χ0v) is 13.3. The zero-order valence-electron chi connectivity index (χ0n) is 12.4. The summed E-state index contributed by atoms with van der Waals surface area (Å²) in [5.41, 5.74) is 1.24. The molecule has 0 aromatic heterocycles. The minimum Gasteiger partial charge on any atom is -0.339 e. The highest BCUT2D eigenvalue weighted by molar-refractivity contribution is 5.94. The Morgan fingerprint density at radius 2 is 1.86 bits per heavy atom. The SMILES string of the molecule is Cc1cc(F)cc(C(=O)N(C)C2CC3CCC(C2)N3)c1.Cl. The van der Waals surface area contributed by atoms with Gasteiger partial charge in [0, 0.05) is 30.7 Å². The van der Waals surface area contributed by atoms with Gasteiger partial charge in [-0.2, -0.15) is 0 Å². The van der Waals surface area contributed by atoms with E-state index in [4.69, 9.17) is 0 Å². The third-order valence-electron chi connectivity index (χ3n) is 4.61. The van der Waals surface area contributed by atoms with Gasteiger partial charge in [-0.15, -0.1) is 12.4 Å². The number of rotatable bonds is 2. The maximum absolute atomic E-state index is 13.4. The van der Waals surface area contributed by atoms with Gasteiger partial charge in [0.05, 0.1) is 0 Å². The lowest BCUT2D eigenvalue weighted by Crippen LogP contribution is -2.48. The van der Waals surface area contributed by atoms with E-state index in [-0.39, 0.29) is 30.2 Å². The van der Waals surface area contributed by atoms with Crippen LogP contribution in [0.5, 0.6) is 0 Å². The van der Waals surface area contributed by atoms with Crippen molar-refractivity contribution in [2.45, 2.75) is 50.7 Å². The second-order valence-corrected chi connectivity index (χ2v) is 6.20. The fourth-order valence-electron chi connectivity index (χ4n) is 3.57. The number of hydrogen-bond acceptors (Lipinski definition) is 2. The Hall–Kier alpha value is -1.13. The highest BCUT2D eigenvalue weighted by Crippen LogP contribution is 2.29. The Kier molecular flexibility index (Phi) is 4.89. The quantitative estimate of drug-likeness (QED) is 0.910. The number of carbonyl (C=O) groups is 1. The molecule has 3 rings (SSSR count). The van der Waals surface area contributed by atoms with Crippen molar-refractivity contribution in [2.75, 3.05) is 7.05 Å². The number of carbonyl (C=O) groups excluding carboxylic acids is 1. The van der Waals surface area contributed by atoms with Crippen molar-refractivity contribution in [3.8, 4) is 0 Å². The van der Waals surface area contributed by atoms with E-state index < -0.39 is 0 Å². The molecule has 1 aromatic rings. The van der Waals surface area contributed by atoms with Crippen molar-refractivity contribution in [1.29, 1.82) is 0 Å². The minimum absolute atomic E-state index is 0. The van der Waals surface area contributed by atoms with Crippen molar-refractivity contribution < 1.29 is 9.18 Å². The second-order valence-electron chi connectivity index (χ2n) is 6.20. The predicted molar refractivity (Wildman–Crippen MR) is 83.4 cm³/mol. The Morgan fingerprint density at radius 3 is 2.43 bits per heavy atom. The van der Waals surface area contributed by atoms with Crippen LogP contribution in [0.3, 0.4) is 0 Å². The lowest BCUT2D eigenvalue weighted by molar-refractivity contribution is 0.0681. The molecule has 2 fully saturated rings. The number of aryl methyl sites for hydroxylation is 1. The van der Waals surface area contributed by atoms with Gasteiger partial charge in [0.1, 0.15) is 5.82 Å². The lowest BCUT2D eigenvalue weighted by Gasteiger charge is -2.35. The van der Waals surface area contributed by atoms with E-state index in [1.807, 2.05) is 14.0 Å². The number of halogens is 2. The monoisotopic (exact) mass is 312 g/mol. The van der Waals surface area contributed by atoms with Gasteiger partial charge in [-0.3, -0.25) is 4.79 Å². The summed E-state index contributed by atoms with van der Waals surface area (Å²) < 4.78 is 13.4. The Balaban J connectivity index is 0.00000161. The summed E-state index contributed by atoms with van der Waals surface area (Å²) in [6, 6.07) is 5.90. The molecule has 2 aliphatic rings. The first-order valence-corrected chi connectivity index (χ1v) is 7.33. The molecule has 2 aliphatic heterocycles. The van der Waals surface area contributed by atoms with E-state index in [2.05, 4.69) is 5.32 Å². The van der Waals surface area contributed by atoms with Gasteiger partial charge >= 0.3 is 0 Å². The third-order valence-corrected chi connectivity index (χ3v) is 4.61. The van der Waals surface area contributed by atoms with Crippen molar-refractivity contribution in [3.05, 3.63) is 35.1 Å². The van der Waals surface area contributed by atoms with Crippen LogP contribution in [-0.4, -0.2) is 36.0 Å². The fraction of sp³-hybridized carbons (Fsp3) is 0.562. The second kappa shape index (κ2) is 6.32. The van der Waals surface area contributed by atoms with Crippen LogP contribution in [0.2, 0.25) is 0 Å². The molecule has 5 heteroatoms. The molecule has 1 amide bonds. The van der Waals surface area contributed by atoms with E-state index in [1.54, 1.807) is 11.0 Å². The molecular formula is C16H22ClFN2O. The molecule has 1 N–H and O–H groups in total. The summed E-state index contributed by atoms with van der Waals surface area (Å²) in [4.78, 5) is 14.3. The molecule has 2 saturated heterocycles. The standard InChI is InChI=1S/C16H21FN2O.ClH/c1-10-5-11(7-12(17)6-10)16(20)19(2)15-8-13-3-4-14(9-15)18-13;/h5-7,13-15,18H,3-4,8-9H2,1-2H3;1H. The van der Waals surface area contributed by atoms with Gasteiger partial charge in [-0.05, 0) is 56.4 Å². The largest absolute Gasteiger partial charge is 0.339 e. The summed E-state index contributed by atoms with van der Waals surface area (Å²) in [5, 5.41) is 3.57. The van der Waals surface area contributed by atoms with Crippen LogP contribution in [0, 0.1) is 12.7 Å². The van der Waals surface area contributed by atoms with Crippen molar-refractivity contribution >= 4 is 18.3 Å². The zero-order chi connectivity index (χ0) is 14.3. The van der Waals surface area contributed by atoms with E-state index in [1.165, 1.54) is 25.0 Å². The fourth-order valence-corrected chi connectivity index (χ4v) is 3.57. The number of amides is 1. The highest BCUT2D eigenvalue weighted by atomic mass is 35.5. The molecular weight excluding hydrogens is 291 g/mol. The molecule has 0 spiro atoms. The Labute approximate surface area is 131 Å². The molecule has 0 aliphatic carbocycles. The smallest absolute Gasteiger partial charge is 0.253 e. The topological polar surface area (TPSA) is 32.3 Å². The highest BCUT2D eigenvalue weighted by Gasteiger charge is 2.36. The maximum atomic E-state index is 13.4. The molecule has 0 saturated carbocycles. The molecule has 2 heterocycles. The molecule has 2 bridgehead atoms. The van der Waals surface area contributed by atoms with E-state index in [0.717, 1.165) is 18.4 Å². The lowest BCUT2D eigenvalue weighted by atomic mass is 9.97. The summed E-state index contributed by atoms with van der Waals surface area (Å²) in [6.07, 6.45) is 4.44. The van der Waals surface area contributed by atoms with E-state index >= 15 is 0 Å². The molecule has 1 aromatic carbocycles.